The van der Waals surface area contributed by atoms with E-state index in [1.807, 2.05) is 6.07 Å². The lowest BCUT2D eigenvalue weighted by Crippen LogP contribution is -2.44. The second kappa shape index (κ2) is 12.3. The monoisotopic (exact) mass is 549 g/mol. The summed E-state index contributed by atoms with van der Waals surface area (Å²) in [5.41, 5.74) is 4.17. The van der Waals surface area contributed by atoms with E-state index in [0.717, 1.165) is 22.3 Å². The van der Waals surface area contributed by atoms with Crippen LogP contribution in [0.1, 0.15) is 15.9 Å². The summed E-state index contributed by atoms with van der Waals surface area (Å²) in [6, 6.07) is 20.4. The van der Waals surface area contributed by atoms with Crippen molar-refractivity contribution in [3.8, 4) is 17.2 Å². The zero-order valence-electron chi connectivity index (χ0n) is 20.4. The zero-order chi connectivity index (χ0) is 27.1. The number of nitrogens with zero attached hydrogens (tertiary/aromatic N) is 1. The molecule has 1 aliphatic heterocycles. The van der Waals surface area contributed by atoms with E-state index in [0.29, 0.717) is 33.4 Å². The first-order chi connectivity index (χ1) is 18.4. The number of nitrogens with one attached hydrogen (secondary N) is 2. The van der Waals surface area contributed by atoms with Gasteiger partial charge in [0.25, 0.3) is 17.7 Å². The molecule has 9 nitrogen and oxygen atoms in total. The Morgan fingerprint density at radius 1 is 0.947 bits per heavy atom. The summed E-state index contributed by atoms with van der Waals surface area (Å²) in [5, 5.41) is 3.79. The number of rotatable bonds is 9. The molecule has 1 heterocycles. The molecule has 4 rings (SSSR count). The average molecular weight is 550 g/mol. The van der Waals surface area contributed by atoms with Crippen LogP contribution in [0.4, 0.5) is 5.69 Å². The van der Waals surface area contributed by atoms with Crippen LogP contribution in [-0.2, 0) is 9.59 Å². The molecular formula is C27H23N3O6S2. The zero-order valence-corrected chi connectivity index (χ0v) is 22.1. The molecule has 1 aliphatic rings. The lowest BCUT2D eigenvalue weighted by molar-refractivity contribution is -0.123. The van der Waals surface area contributed by atoms with Crippen molar-refractivity contribution in [1.82, 2.24) is 10.4 Å². The number of methoxy groups -OCH3 is 2. The molecular weight excluding hydrogens is 526 g/mol. The van der Waals surface area contributed by atoms with Gasteiger partial charge in [-0.3, -0.25) is 19.8 Å². The van der Waals surface area contributed by atoms with Gasteiger partial charge in [0.15, 0.2) is 10.9 Å². The molecule has 0 aromatic heterocycles. The van der Waals surface area contributed by atoms with Gasteiger partial charge in [0.05, 0.1) is 24.8 Å². The van der Waals surface area contributed by atoms with Gasteiger partial charge in [-0.15, -0.1) is 0 Å². The van der Waals surface area contributed by atoms with Crippen molar-refractivity contribution in [2.45, 2.75) is 0 Å². The number of ether oxygens (including phenoxy) is 3. The number of hydrogen-bond acceptors (Lipinski definition) is 8. The number of thiocarbonyl (C=S) groups is 1. The molecule has 0 saturated carbocycles. The molecule has 0 spiro atoms. The van der Waals surface area contributed by atoms with E-state index in [1.165, 1.54) is 14.2 Å². The summed E-state index contributed by atoms with van der Waals surface area (Å²) in [6.07, 6.45) is 1.66. The molecule has 1 saturated heterocycles. The van der Waals surface area contributed by atoms with Crippen molar-refractivity contribution in [2.75, 3.05) is 26.1 Å². The second-order valence-corrected chi connectivity index (χ2v) is 9.47. The molecule has 0 radical (unpaired) electrons. The Bertz CT molecular complexity index is 1390. The maximum absolute atomic E-state index is 12.9. The fraction of sp³-hybridized carbons (Fsp3) is 0.111. The number of hydrazine groups is 1. The van der Waals surface area contributed by atoms with Crippen LogP contribution in [0.15, 0.2) is 77.7 Å². The van der Waals surface area contributed by atoms with E-state index in [2.05, 4.69) is 10.7 Å². The average Bonchev–Trinajstić information content (AvgIpc) is 3.20. The van der Waals surface area contributed by atoms with Crippen LogP contribution < -0.4 is 25.0 Å². The maximum Gasteiger partial charge on any atom is 0.285 e. The Morgan fingerprint density at radius 3 is 2.32 bits per heavy atom. The Morgan fingerprint density at radius 2 is 1.63 bits per heavy atom. The van der Waals surface area contributed by atoms with E-state index < -0.39 is 11.8 Å². The lowest BCUT2D eigenvalue weighted by atomic mass is 10.2. The minimum atomic E-state index is -0.471. The number of amides is 3. The molecule has 0 atom stereocenters. The maximum atomic E-state index is 12.9. The van der Waals surface area contributed by atoms with E-state index >= 15 is 0 Å². The highest BCUT2D eigenvalue weighted by Gasteiger charge is 2.33. The van der Waals surface area contributed by atoms with Gasteiger partial charge < -0.3 is 19.5 Å². The van der Waals surface area contributed by atoms with Crippen LogP contribution in [0.2, 0.25) is 0 Å². The Balaban J connectivity index is 1.33. The van der Waals surface area contributed by atoms with Gasteiger partial charge in [-0.05, 0) is 72.4 Å². The molecule has 1 fully saturated rings. The number of anilines is 1. The van der Waals surface area contributed by atoms with E-state index in [-0.39, 0.29) is 16.8 Å². The third-order valence-electron chi connectivity index (χ3n) is 5.29. The van der Waals surface area contributed by atoms with E-state index in [9.17, 15) is 14.4 Å². The highest BCUT2D eigenvalue weighted by molar-refractivity contribution is 8.26. The first-order valence-electron chi connectivity index (χ1n) is 11.3. The van der Waals surface area contributed by atoms with Crippen molar-refractivity contribution in [3.05, 3.63) is 88.8 Å². The largest absolute Gasteiger partial charge is 0.497 e. The molecule has 0 unspecified atom stereocenters. The predicted octanol–water partition coefficient (Wildman–Crippen LogP) is 4.27. The minimum Gasteiger partial charge on any atom is -0.497 e. The highest BCUT2D eigenvalue weighted by atomic mass is 32.2. The van der Waals surface area contributed by atoms with Gasteiger partial charge in [-0.25, -0.2) is 0 Å². The fourth-order valence-electron chi connectivity index (χ4n) is 3.37. The van der Waals surface area contributed by atoms with Crippen molar-refractivity contribution in [3.63, 3.8) is 0 Å². The Labute approximate surface area is 228 Å². The third-order valence-corrected chi connectivity index (χ3v) is 6.59. The Kier molecular flexibility index (Phi) is 8.62. The van der Waals surface area contributed by atoms with Crippen LogP contribution in [0.5, 0.6) is 17.2 Å². The number of hydrogen-bond donors (Lipinski definition) is 2. The minimum absolute atomic E-state index is 0.191. The van der Waals surface area contributed by atoms with Gasteiger partial charge in [-0.2, -0.15) is 5.01 Å². The summed E-state index contributed by atoms with van der Waals surface area (Å²) < 4.78 is 16.1. The van der Waals surface area contributed by atoms with Gasteiger partial charge in [0.1, 0.15) is 17.2 Å². The molecule has 0 bridgehead atoms. The van der Waals surface area contributed by atoms with Gasteiger partial charge in [0, 0.05) is 5.56 Å². The molecule has 3 aromatic rings. The van der Waals surface area contributed by atoms with Gasteiger partial charge in [0.2, 0.25) is 0 Å². The quantitative estimate of drug-likeness (QED) is 0.301. The van der Waals surface area contributed by atoms with Crippen LogP contribution >= 0.6 is 24.0 Å². The molecule has 194 valence electrons. The smallest absolute Gasteiger partial charge is 0.285 e. The van der Waals surface area contributed by atoms with Gasteiger partial charge >= 0.3 is 0 Å². The Hall–Kier alpha value is -4.35. The molecule has 3 aromatic carbocycles. The summed E-state index contributed by atoms with van der Waals surface area (Å²) in [7, 11) is 3.06. The number of carbonyl (C=O) groups excluding carboxylic acids is 3. The molecule has 3 amide bonds. The summed E-state index contributed by atoms with van der Waals surface area (Å²) in [6.45, 7) is -0.191. The first kappa shape index (κ1) is 26.7. The normalized spacial score (nSPS) is 13.8. The molecule has 11 heteroatoms. The number of benzene rings is 3. The first-order valence-corrected chi connectivity index (χ1v) is 12.5. The summed E-state index contributed by atoms with van der Waals surface area (Å²) in [4.78, 5) is 38.0. The molecule has 2 N–H and O–H groups in total. The predicted molar refractivity (Wildman–Crippen MR) is 149 cm³/mol. The second-order valence-electron chi connectivity index (χ2n) is 7.79. The van der Waals surface area contributed by atoms with Crippen LogP contribution in [-0.4, -0.2) is 47.9 Å². The summed E-state index contributed by atoms with van der Waals surface area (Å²) in [5.74, 6) is 0.408. The number of thioether (sulfide) groups is 1. The third kappa shape index (κ3) is 6.50. The number of para-hydroxylation sites is 2. The standard InChI is InChI=1S/C27H23N3O6S2/c1-34-19-13-9-18(10-14-19)25(32)29-30-26(33)23(38-27(30)37)15-17-7-11-20(12-8-17)36-16-24(31)28-21-5-3-4-6-22(21)35-2/h3-15H,16H2,1-2H3,(H,28,31)(H,29,32)/b23-15-. The van der Waals surface area contributed by atoms with Crippen molar-refractivity contribution < 1.29 is 28.6 Å². The molecule has 38 heavy (non-hydrogen) atoms. The SMILES string of the molecule is COc1ccc(C(=O)NN2C(=O)/C(=C/c3ccc(OCC(=O)Nc4ccccc4OC)cc3)SC2=S)cc1. The van der Waals surface area contributed by atoms with Crippen molar-refractivity contribution >= 4 is 57.8 Å². The van der Waals surface area contributed by atoms with Crippen molar-refractivity contribution in [1.29, 1.82) is 0 Å². The van der Waals surface area contributed by atoms with Crippen LogP contribution in [0.25, 0.3) is 6.08 Å². The van der Waals surface area contributed by atoms with Crippen molar-refractivity contribution in [2.24, 2.45) is 0 Å². The van der Waals surface area contributed by atoms with Crippen LogP contribution in [0.3, 0.4) is 0 Å². The van der Waals surface area contributed by atoms with E-state index in [1.54, 1.807) is 72.8 Å². The number of carbonyl (C=O) groups is 3. The highest BCUT2D eigenvalue weighted by Crippen LogP contribution is 2.32. The lowest BCUT2D eigenvalue weighted by Gasteiger charge is -2.15. The fourth-order valence-corrected chi connectivity index (χ4v) is 4.55. The van der Waals surface area contributed by atoms with Gasteiger partial charge in [-0.1, -0.05) is 36.0 Å². The molecule has 0 aliphatic carbocycles. The topological polar surface area (TPSA) is 106 Å². The van der Waals surface area contributed by atoms with Crippen LogP contribution in [0, 0.1) is 0 Å². The summed E-state index contributed by atoms with van der Waals surface area (Å²) >= 11 is 6.37. The van der Waals surface area contributed by atoms with E-state index in [4.69, 9.17) is 26.4 Å².